The van der Waals surface area contributed by atoms with Crippen LogP contribution in [0.2, 0.25) is 0 Å². The Kier molecular flexibility index (Phi) is 8.89. The smallest absolute Gasteiger partial charge is 0.309 e. The topological polar surface area (TPSA) is 99.4 Å². The molecule has 0 heterocycles. The van der Waals surface area contributed by atoms with Crippen molar-refractivity contribution in [3.8, 4) is 22.9 Å². The largest absolute Gasteiger partial charge is 0.497 e. The maximum atomic E-state index is 13.3. The minimum atomic E-state index is -1.05. The number of nitrogens with one attached hydrogen (secondary N) is 1. The number of rotatable bonds is 10. The highest BCUT2D eigenvalue weighted by Gasteiger charge is 2.28. The van der Waals surface area contributed by atoms with Gasteiger partial charge >= 0.3 is 5.97 Å². The zero-order valence-electron chi connectivity index (χ0n) is 21.5. The van der Waals surface area contributed by atoms with E-state index in [4.69, 9.17) is 4.74 Å². The molecule has 6 nitrogen and oxygen atoms in total. The Morgan fingerprint density at radius 1 is 0.923 bits per heavy atom. The SMILES string of the molecule is COc1cccc(-c2ccc(C(=O)N[C@H](/C=C/c3ccccc3)[C@@H](Cc3cccc(C#N)c3)C(=O)O)cc2)c1. The third-order valence-corrected chi connectivity index (χ3v) is 6.41. The van der Waals surface area contributed by atoms with Gasteiger partial charge in [-0.3, -0.25) is 9.59 Å². The summed E-state index contributed by atoms with van der Waals surface area (Å²) in [4.78, 5) is 25.7. The Hall–Kier alpha value is -5.15. The highest BCUT2D eigenvalue weighted by Crippen LogP contribution is 2.24. The first-order valence-corrected chi connectivity index (χ1v) is 12.5. The molecule has 0 aliphatic carbocycles. The van der Waals surface area contributed by atoms with Crippen molar-refractivity contribution < 1.29 is 19.4 Å². The van der Waals surface area contributed by atoms with E-state index in [9.17, 15) is 20.0 Å². The first-order chi connectivity index (χ1) is 19.0. The fourth-order valence-electron chi connectivity index (χ4n) is 4.30. The Labute approximate surface area is 227 Å². The number of carbonyl (C=O) groups is 2. The quantitative estimate of drug-likeness (QED) is 0.270. The summed E-state index contributed by atoms with van der Waals surface area (Å²) >= 11 is 0. The van der Waals surface area contributed by atoms with Crippen LogP contribution < -0.4 is 10.1 Å². The van der Waals surface area contributed by atoms with Gasteiger partial charge in [0.2, 0.25) is 0 Å². The number of hydrogen-bond acceptors (Lipinski definition) is 4. The van der Waals surface area contributed by atoms with Crippen LogP contribution in [-0.4, -0.2) is 30.1 Å². The van der Waals surface area contributed by atoms with Crippen molar-refractivity contribution in [2.45, 2.75) is 12.5 Å². The lowest BCUT2D eigenvalue weighted by atomic mass is 9.90. The molecule has 6 heteroatoms. The standard InChI is InChI=1S/C33H28N2O4/c1-39-29-12-6-11-28(21-29)26-14-16-27(17-15-26)32(36)35-31(18-13-23-7-3-2-4-8-23)30(33(37)38)20-24-9-5-10-25(19-24)22-34/h2-19,21,30-31H,20H2,1H3,(H,35,36)(H,37,38)/b18-13+/t30-,31-/m1/s1. The number of ether oxygens (including phenoxy) is 1. The summed E-state index contributed by atoms with van der Waals surface area (Å²) in [5.74, 6) is -1.65. The molecule has 4 aromatic carbocycles. The summed E-state index contributed by atoms with van der Waals surface area (Å²) in [6.45, 7) is 0. The number of carboxylic acids is 1. The fourth-order valence-corrected chi connectivity index (χ4v) is 4.30. The van der Waals surface area contributed by atoms with Gasteiger partial charge in [-0.15, -0.1) is 0 Å². The third kappa shape index (κ3) is 7.21. The van der Waals surface area contributed by atoms with E-state index in [-0.39, 0.29) is 12.3 Å². The van der Waals surface area contributed by atoms with Gasteiger partial charge in [-0.1, -0.05) is 78.9 Å². The Balaban J connectivity index is 1.59. The molecule has 0 saturated carbocycles. The van der Waals surface area contributed by atoms with Crippen LogP contribution in [0.15, 0.2) is 109 Å². The van der Waals surface area contributed by atoms with Crippen LogP contribution in [0.1, 0.15) is 27.0 Å². The van der Waals surface area contributed by atoms with E-state index in [1.807, 2.05) is 66.7 Å². The summed E-state index contributed by atoms with van der Waals surface area (Å²) in [6, 6.07) is 32.4. The first-order valence-electron chi connectivity index (χ1n) is 12.5. The summed E-state index contributed by atoms with van der Waals surface area (Å²) < 4.78 is 5.30. The van der Waals surface area contributed by atoms with Gasteiger partial charge in [0.05, 0.1) is 30.7 Å². The molecule has 194 valence electrons. The average Bonchev–Trinajstić information content (AvgIpc) is 2.98. The summed E-state index contributed by atoms with van der Waals surface area (Å²) in [5.41, 5.74) is 4.33. The number of methoxy groups -OCH3 is 1. The molecule has 0 aromatic heterocycles. The number of benzene rings is 4. The van der Waals surface area contributed by atoms with E-state index >= 15 is 0 Å². The molecule has 39 heavy (non-hydrogen) atoms. The summed E-state index contributed by atoms with van der Waals surface area (Å²) in [6.07, 6.45) is 3.66. The second kappa shape index (κ2) is 12.9. The van der Waals surface area contributed by atoms with Gasteiger partial charge in [0, 0.05) is 5.56 Å². The Morgan fingerprint density at radius 3 is 2.36 bits per heavy atom. The highest BCUT2D eigenvalue weighted by atomic mass is 16.5. The third-order valence-electron chi connectivity index (χ3n) is 6.41. The predicted octanol–water partition coefficient (Wildman–Crippen LogP) is 5.99. The summed E-state index contributed by atoms with van der Waals surface area (Å²) in [7, 11) is 1.61. The minimum Gasteiger partial charge on any atom is -0.497 e. The van der Waals surface area contributed by atoms with Gasteiger partial charge in [0.1, 0.15) is 5.75 Å². The first kappa shape index (κ1) is 26.9. The van der Waals surface area contributed by atoms with E-state index in [1.165, 1.54) is 0 Å². The second-order valence-electron chi connectivity index (χ2n) is 9.04. The fraction of sp³-hybridized carbons (Fsp3) is 0.121. The lowest BCUT2D eigenvalue weighted by Crippen LogP contribution is -2.43. The number of nitriles is 1. The van der Waals surface area contributed by atoms with E-state index in [0.717, 1.165) is 22.4 Å². The number of carboxylic acid groups (broad SMARTS) is 1. The molecule has 2 N–H and O–H groups in total. The lowest BCUT2D eigenvalue weighted by Gasteiger charge is -2.23. The molecule has 0 fully saturated rings. The molecule has 2 atom stereocenters. The molecule has 0 aliphatic heterocycles. The number of hydrogen-bond donors (Lipinski definition) is 2. The minimum absolute atomic E-state index is 0.143. The van der Waals surface area contributed by atoms with E-state index in [1.54, 1.807) is 55.7 Å². The molecule has 0 spiro atoms. The van der Waals surface area contributed by atoms with Crippen LogP contribution in [-0.2, 0) is 11.2 Å². The van der Waals surface area contributed by atoms with Crippen molar-refractivity contribution >= 4 is 18.0 Å². The number of amides is 1. The number of nitrogens with zero attached hydrogens (tertiary/aromatic N) is 1. The summed E-state index contributed by atoms with van der Waals surface area (Å²) in [5, 5.41) is 22.3. The van der Waals surface area contributed by atoms with E-state index in [0.29, 0.717) is 16.7 Å². The molecule has 0 radical (unpaired) electrons. The van der Waals surface area contributed by atoms with Gasteiger partial charge in [0.25, 0.3) is 5.91 Å². The molecular weight excluding hydrogens is 488 g/mol. The lowest BCUT2D eigenvalue weighted by molar-refractivity contribution is -0.142. The molecule has 1 amide bonds. The van der Waals surface area contributed by atoms with Gasteiger partial charge < -0.3 is 15.2 Å². The van der Waals surface area contributed by atoms with Crippen LogP contribution in [0.5, 0.6) is 5.75 Å². The number of carbonyl (C=O) groups excluding carboxylic acids is 1. The zero-order valence-corrected chi connectivity index (χ0v) is 21.5. The molecule has 4 aromatic rings. The van der Waals surface area contributed by atoms with Crippen molar-refractivity contribution in [3.05, 3.63) is 131 Å². The van der Waals surface area contributed by atoms with Gasteiger partial charge in [-0.2, -0.15) is 5.26 Å². The van der Waals surface area contributed by atoms with Crippen LogP contribution >= 0.6 is 0 Å². The molecule has 4 rings (SSSR count). The van der Waals surface area contributed by atoms with Crippen LogP contribution in [0.25, 0.3) is 17.2 Å². The molecule has 0 saturated heterocycles. The van der Waals surface area contributed by atoms with Crippen LogP contribution in [0, 0.1) is 17.2 Å². The van der Waals surface area contributed by atoms with E-state index in [2.05, 4.69) is 11.4 Å². The molecule has 0 unspecified atom stereocenters. The van der Waals surface area contributed by atoms with Gasteiger partial charge in [-0.05, 0) is 65.1 Å². The maximum absolute atomic E-state index is 13.3. The molecule has 0 bridgehead atoms. The predicted molar refractivity (Wildman–Crippen MR) is 151 cm³/mol. The van der Waals surface area contributed by atoms with Crippen LogP contribution in [0.3, 0.4) is 0 Å². The second-order valence-corrected chi connectivity index (χ2v) is 9.04. The van der Waals surface area contributed by atoms with Gasteiger partial charge in [-0.25, -0.2) is 0 Å². The van der Waals surface area contributed by atoms with Crippen molar-refractivity contribution in [1.29, 1.82) is 5.26 Å². The maximum Gasteiger partial charge on any atom is 0.309 e. The highest BCUT2D eigenvalue weighted by molar-refractivity contribution is 5.95. The van der Waals surface area contributed by atoms with Crippen molar-refractivity contribution in [2.75, 3.05) is 7.11 Å². The van der Waals surface area contributed by atoms with Crippen molar-refractivity contribution in [1.82, 2.24) is 5.32 Å². The van der Waals surface area contributed by atoms with Gasteiger partial charge in [0.15, 0.2) is 0 Å². The van der Waals surface area contributed by atoms with E-state index < -0.39 is 17.9 Å². The van der Waals surface area contributed by atoms with Crippen LogP contribution in [0.4, 0.5) is 0 Å². The molecular formula is C33H28N2O4. The number of aliphatic carboxylic acids is 1. The average molecular weight is 517 g/mol. The Morgan fingerprint density at radius 2 is 1.67 bits per heavy atom. The van der Waals surface area contributed by atoms with Crippen molar-refractivity contribution in [3.63, 3.8) is 0 Å². The monoisotopic (exact) mass is 516 g/mol. The zero-order chi connectivity index (χ0) is 27.6. The molecule has 0 aliphatic rings. The van der Waals surface area contributed by atoms with Crippen molar-refractivity contribution in [2.24, 2.45) is 5.92 Å². The normalized spacial score (nSPS) is 12.3. The Bertz CT molecular complexity index is 1500.